The number of thioether (sulfide) groups is 1. The normalized spacial score (nSPS) is 12.0. The summed E-state index contributed by atoms with van der Waals surface area (Å²) in [6.07, 6.45) is 0.853. The van der Waals surface area contributed by atoms with Gasteiger partial charge in [-0.3, -0.25) is 9.59 Å². The van der Waals surface area contributed by atoms with Crippen molar-refractivity contribution in [3.05, 3.63) is 51.4 Å². The summed E-state index contributed by atoms with van der Waals surface area (Å²) in [6.45, 7) is 7.59. The number of aromatic nitrogens is 2. The lowest BCUT2D eigenvalue weighted by atomic mass is 10.1. The quantitative estimate of drug-likeness (QED) is 0.652. The van der Waals surface area contributed by atoms with E-state index in [0.717, 1.165) is 23.2 Å². The van der Waals surface area contributed by atoms with E-state index in [0.29, 0.717) is 10.9 Å². The number of hydrogen-bond donors (Lipinski definition) is 2. The minimum atomic E-state index is -0.371. The Balaban J connectivity index is 2.13. The number of aromatic amines is 1. The number of benzene rings is 1. The molecule has 0 aliphatic heterocycles. The molecule has 0 saturated heterocycles. The lowest BCUT2D eigenvalue weighted by Crippen LogP contribution is -2.24. The zero-order valence-electron chi connectivity index (χ0n) is 13.8. The first-order chi connectivity index (χ1) is 10.9. The lowest BCUT2D eigenvalue weighted by molar-refractivity contribution is -0.115. The van der Waals surface area contributed by atoms with Crippen LogP contribution in [0.3, 0.4) is 0 Å². The number of nitrogens with zero attached hydrogens (tertiary/aromatic N) is 1. The summed E-state index contributed by atoms with van der Waals surface area (Å²) in [4.78, 5) is 30.8. The largest absolute Gasteiger partial charge is 0.325 e. The van der Waals surface area contributed by atoms with Gasteiger partial charge in [-0.05, 0) is 38.3 Å². The Morgan fingerprint density at radius 1 is 1.39 bits per heavy atom. The average molecular weight is 331 g/mol. The summed E-state index contributed by atoms with van der Waals surface area (Å²) in [5.74, 6) is -0.108. The number of aryl methyl sites for hydroxylation is 3. The van der Waals surface area contributed by atoms with Gasteiger partial charge in [0.2, 0.25) is 5.91 Å². The van der Waals surface area contributed by atoms with E-state index >= 15 is 0 Å². The van der Waals surface area contributed by atoms with Crippen molar-refractivity contribution in [1.29, 1.82) is 0 Å². The van der Waals surface area contributed by atoms with E-state index in [1.165, 1.54) is 17.8 Å². The maximum atomic E-state index is 12.5. The van der Waals surface area contributed by atoms with Gasteiger partial charge >= 0.3 is 0 Å². The van der Waals surface area contributed by atoms with Crippen molar-refractivity contribution < 1.29 is 4.79 Å². The second-order valence-electron chi connectivity index (χ2n) is 5.40. The first kappa shape index (κ1) is 17.3. The summed E-state index contributed by atoms with van der Waals surface area (Å²) in [6, 6.07) is 7.41. The van der Waals surface area contributed by atoms with Crippen LogP contribution in [0.4, 0.5) is 5.69 Å². The molecule has 0 bridgehead atoms. The molecular formula is C17H21N3O2S. The van der Waals surface area contributed by atoms with Gasteiger partial charge in [-0.15, -0.1) is 0 Å². The molecule has 0 saturated carbocycles. The molecule has 0 unspecified atom stereocenters. The molecule has 5 nitrogen and oxygen atoms in total. The second-order valence-corrected chi connectivity index (χ2v) is 6.73. The highest BCUT2D eigenvalue weighted by Gasteiger charge is 2.18. The van der Waals surface area contributed by atoms with Crippen LogP contribution in [0.25, 0.3) is 0 Å². The SMILES string of the molecule is CCc1cccc(C)c1NC(=O)[C@@H](C)Sc1nc(C)cc(=O)[nH]1. The molecule has 0 aliphatic rings. The van der Waals surface area contributed by atoms with Crippen molar-refractivity contribution >= 4 is 23.4 Å². The third kappa shape index (κ3) is 4.45. The van der Waals surface area contributed by atoms with Crippen LogP contribution in [0.15, 0.2) is 34.2 Å². The maximum Gasteiger partial charge on any atom is 0.251 e. The van der Waals surface area contributed by atoms with Crippen molar-refractivity contribution in [3.63, 3.8) is 0 Å². The molecule has 1 aromatic carbocycles. The van der Waals surface area contributed by atoms with Crippen LogP contribution in [0.1, 0.15) is 30.7 Å². The predicted octanol–water partition coefficient (Wildman–Crippen LogP) is 3.07. The van der Waals surface area contributed by atoms with E-state index in [-0.39, 0.29) is 16.7 Å². The van der Waals surface area contributed by atoms with Gasteiger partial charge in [0.05, 0.1) is 5.25 Å². The summed E-state index contributed by atoms with van der Waals surface area (Å²) >= 11 is 1.24. The number of rotatable bonds is 5. The minimum Gasteiger partial charge on any atom is -0.325 e. The van der Waals surface area contributed by atoms with E-state index < -0.39 is 0 Å². The molecule has 0 fully saturated rings. The molecular weight excluding hydrogens is 310 g/mol. The monoisotopic (exact) mass is 331 g/mol. The number of H-pyrrole nitrogens is 1. The Hall–Kier alpha value is -2.08. The highest BCUT2D eigenvalue weighted by Crippen LogP contribution is 2.24. The predicted molar refractivity (Wildman–Crippen MR) is 94.1 cm³/mol. The first-order valence-electron chi connectivity index (χ1n) is 7.54. The molecule has 0 spiro atoms. The summed E-state index contributed by atoms with van der Waals surface area (Å²) in [5.41, 5.74) is 3.45. The van der Waals surface area contributed by atoms with Gasteiger partial charge in [-0.2, -0.15) is 0 Å². The van der Waals surface area contributed by atoms with E-state index in [9.17, 15) is 9.59 Å². The van der Waals surface area contributed by atoms with E-state index in [1.807, 2.05) is 25.1 Å². The molecule has 0 radical (unpaired) electrons. The maximum absolute atomic E-state index is 12.5. The zero-order valence-corrected chi connectivity index (χ0v) is 14.6. The molecule has 122 valence electrons. The fourth-order valence-corrected chi connectivity index (χ4v) is 3.11. The summed E-state index contributed by atoms with van der Waals surface area (Å²) in [7, 11) is 0. The Kier molecular flexibility index (Phi) is 5.60. The Morgan fingerprint density at radius 2 is 2.13 bits per heavy atom. The van der Waals surface area contributed by atoms with Crippen molar-refractivity contribution in [3.8, 4) is 0 Å². The topological polar surface area (TPSA) is 74.8 Å². The van der Waals surface area contributed by atoms with Crippen molar-refractivity contribution in [2.45, 2.75) is 44.5 Å². The van der Waals surface area contributed by atoms with Crippen molar-refractivity contribution in [2.24, 2.45) is 0 Å². The van der Waals surface area contributed by atoms with Gasteiger partial charge in [0.15, 0.2) is 5.16 Å². The van der Waals surface area contributed by atoms with Crippen LogP contribution in [-0.2, 0) is 11.2 Å². The van der Waals surface area contributed by atoms with Gasteiger partial charge in [0, 0.05) is 17.4 Å². The van der Waals surface area contributed by atoms with E-state index in [4.69, 9.17) is 0 Å². The molecule has 1 aromatic heterocycles. The lowest BCUT2D eigenvalue weighted by Gasteiger charge is -2.16. The molecule has 1 atom stereocenters. The number of hydrogen-bond acceptors (Lipinski definition) is 4. The Morgan fingerprint density at radius 3 is 2.78 bits per heavy atom. The van der Waals surface area contributed by atoms with Crippen LogP contribution in [-0.4, -0.2) is 21.1 Å². The second kappa shape index (κ2) is 7.46. The Bertz CT molecular complexity index is 771. The molecule has 0 aliphatic carbocycles. The molecule has 2 aromatic rings. The fourth-order valence-electron chi connectivity index (χ4n) is 2.26. The van der Waals surface area contributed by atoms with Gasteiger partial charge in [0.25, 0.3) is 5.56 Å². The average Bonchev–Trinajstić information content (AvgIpc) is 2.48. The molecule has 2 N–H and O–H groups in total. The number of amides is 1. The highest BCUT2D eigenvalue weighted by atomic mass is 32.2. The number of nitrogens with one attached hydrogen (secondary N) is 2. The molecule has 1 amide bonds. The Labute approximate surface area is 139 Å². The number of carbonyl (C=O) groups is 1. The summed E-state index contributed by atoms with van der Waals surface area (Å²) in [5, 5.41) is 3.08. The van der Waals surface area contributed by atoms with Crippen LogP contribution >= 0.6 is 11.8 Å². The third-order valence-electron chi connectivity index (χ3n) is 3.49. The van der Waals surface area contributed by atoms with Crippen LogP contribution < -0.4 is 10.9 Å². The highest BCUT2D eigenvalue weighted by molar-refractivity contribution is 8.00. The minimum absolute atomic E-state index is 0.108. The van der Waals surface area contributed by atoms with Crippen molar-refractivity contribution in [2.75, 3.05) is 5.32 Å². The van der Waals surface area contributed by atoms with Crippen LogP contribution in [0, 0.1) is 13.8 Å². The number of anilines is 1. The molecule has 2 rings (SSSR count). The van der Waals surface area contributed by atoms with E-state index in [1.54, 1.807) is 13.8 Å². The smallest absolute Gasteiger partial charge is 0.251 e. The van der Waals surface area contributed by atoms with Gasteiger partial charge in [0.1, 0.15) is 0 Å². The molecule has 23 heavy (non-hydrogen) atoms. The molecule has 1 heterocycles. The fraction of sp³-hybridized carbons (Fsp3) is 0.353. The first-order valence-corrected chi connectivity index (χ1v) is 8.42. The van der Waals surface area contributed by atoms with Gasteiger partial charge < -0.3 is 10.3 Å². The number of para-hydroxylation sites is 1. The summed E-state index contributed by atoms with van der Waals surface area (Å²) < 4.78 is 0. The van der Waals surface area contributed by atoms with Gasteiger partial charge in [-0.1, -0.05) is 36.9 Å². The third-order valence-corrected chi connectivity index (χ3v) is 4.48. The standard InChI is InChI=1S/C17H21N3O2S/c1-5-13-8-6-7-10(2)15(13)20-16(22)12(4)23-17-18-11(3)9-14(21)19-17/h6-9,12H,5H2,1-4H3,(H,20,22)(H,18,19,21)/t12-/m1/s1. The van der Waals surface area contributed by atoms with Crippen LogP contribution in [0.2, 0.25) is 0 Å². The van der Waals surface area contributed by atoms with Gasteiger partial charge in [-0.25, -0.2) is 4.98 Å². The number of carbonyl (C=O) groups excluding carboxylic acids is 1. The van der Waals surface area contributed by atoms with Crippen molar-refractivity contribution in [1.82, 2.24) is 9.97 Å². The zero-order chi connectivity index (χ0) is 17.0. The van der Waals surface area contributed by atoms with Crippen LogP contribution in [0.5, 0.6) is 0 Å². The molecule has 6 heteroatoms. The van der Waals surface area contributed by atoms with E-state index in [2.05, 4.69) is 22.2 Å².